The second-order valence-electron chi connectivity index (χ2n) is 14.3. The van der Waals surface area contributed by atoms with Crippen molar-refractivity contribution in [1.82, 2.24) is 14.5 Å². The molecule has 0 spiro atoms. The molecule has 6 nitrogen and oxygen atoms in total. The molecule has 11 rings (SSSR count). The van der Waals surface area contributed by atoms with Gasteiger partial charge >= 0.3 is 0 Å². The van der Waals surface area contributed by atoms with Crippen molar-refractivity contribution in [3.05, 3.63) is 213 Å². The second kappa shape index (κ2) is 14.0. The van der Waals surface area contributed by atoms with E-state index < -0.39 is 0 Å². The highest BCUT2D eigenvalue weighted by Crippen LogP contribution is 2.43. The van der Waals surface area contributed by atoms with E-state index in [9.17, 15) is 0 Å². The number of nitrogens with zero attached hydrogens (tertiary/aromatic N) is 5. The van der Waals surface area contributed by atoms with Gasteiger partial charge in [-0.25, -0.2) is 9.97 Å². The molecule has 58 heavy (non-hydrogen) atoms. The highest BCUT2D eigenvalue weighted by Gasteiger charge is 2.21. The largest absolute Gasteiger partial charge is 0.452 e. The number of rotatable bonds is 8. The average molecular weight is 746 g/mol. The van der Waals surface area contributed by atoms with E-state index in [0.29, 0.717) is 5.58 Å². The van der Waals surface area contributed by atoms with E-state index in [1.54, 1.807) is 6.33 Å². The van der Waals surface area contributed by atoms with Gasteiger partial charge in [0.1, 0.15) is 23.1 Å². The van der Waals surface area contributed by atoms with Crippen molar-refractivity contribution >= 4 is 78.0 Å². The maximum Gasteiger partial charge on any atom is 0.180 e. The van der Waals surface area contributed by atoms with Crippen LogP contribution in [0.2, 0.25) is 0 Å². The lowest BCUT2D eigenvalue weighted by Crippen LogP contribution is -2.09. The molecule has 0 radical (unpaired) electrons. The Hall–Kier alpha value is -7.96. The predicted molar refractivity (Wildman–Crippen MR) is 238 cm³/mol. The summed E-state index contributed by atoms with van der Waals surface area (Å²) in [6, 6.07) is 72.5. The van der Waals surface area contributed by atoms with Gasteiger partial charge in [-0.3, -0.25) is 0 Å². The van der Waals surface area contributed by atoms with Crippen LogP contribution in [0.15, 0.2) is 217 Å². The van der Waals surface area contributed by atoms with Crippen LogP contribution in [0.25, 0.3) is 60.8 Å². The monoisotopic (exact) mass is 745 g/mol. The molecule has 0 saturated heterocycles. The van der Waals surface area contributed by atoms with Crippen LogP contribution >= 0.6 is 0 Å². The van der Waals surface area contributed by atoms with E-state index >= 15 is 0 Å². The topological polar surface area (TPSA) is 50.3 Å². The molecule has 0 aliphatic heterocycles. The van der Waals surface area contributed by atoms with Crippen molar-refractivity contribution in [3.8, 4) is 16.9 Å². The first kappa shape index (κ1) is 33.4. The van der Waals surface area contributed by atoms with Gasteiger partial charge in [-0.1, -0.05) is 97.1 Å². The van der Waals surface area contributed by atoms with Crippen molar-refractivity contribution < 1.29 is 4.42 Å². The van der Waals surface area contributed by atoms with Gasteiger partial charge in [0, 0.05) is 61.5 Å². The summed E-state index contributed by atoms with van der Waals surface area (Å²) < 4.78 is 8.67. The van der Waals surface area contributed by atoms with Gasteiger partial charge in [0.2, 0.25) is 0 Å². The van der Waals surface area contributed by atoms with Gasteiger partial charge in [0.05, 0.1) is 11.0 Å². The van der Waals surface area contributed by atoms with Crippen LogP contribution in [0.5, 0.6) is 0 Å². The maximum absolute atomic E-state index is 6.31. The molecule has 0 aliphatic carbocycles. The summed E-state index contributed by atoms with van der Waals surface area (Å²) in [4.78, 5) is 13.9. The molecule has 11 aromatic rings. The van der Waals surface area contributed by atoms with Crippen molar-refractivity contribution in [1.29, 1.82) is 0 Å². The lowest BCUT2D eigenvalue weighted by molar-refractivity contribution is 0.667. The van der Waals surface area contributed by atoms with E-state index in [1.807, 2.05) is 24.3 Å². The third-order valence-corrected chi connectivity index (χ3v) is 10.9. The number of para-hydroxylation sites is 5. The first-order valence-electron chi connectivity index (χ1n) is 19.4. The average Bonchev–Trinajstić information content (AvgIpc) is 3.84. The number of aromatic nitrogens is 3. The Bertz CT molecular complexity index is 3000. The molecule has 0 atom stereocenters. The van der Waals surface area contributed by atoms with Gasteiger partial charge in [0.15, 0.2) is 5.58 Å². The van der Waals surface area contributed by atoms with E-state index in [2.05, 4.69) is 201 Å². The van der Waals surface area contributed by atoms with Gasteiger partial charge in [-0.2, -0.15) is 0 Å². The molecule has 3 aromatic heterocycles. The van der Waals surface area contributed by atoms with Gasteiger partial charge < -0.3 is 18.8 Å². The SMILES string of the molecule is c1ccc(N(c2ccccc2)c2ccc3c(c2)c2cc(N(c4ccccc4)c4ccccc4)ccc2n3-c2ccc(-c3ncnc4c3oc3ccccc34)cc2)cc1. The Balaban J connectivity index is 1.11. The molecule has 8 aromatic carbocycles. The molecule has 3 heterocycles. The third-order valence-electron chi connectivity index (χ3n) is 10.9. The van der Waals surface area contributed by atoms with Gasteiger partial charge in [-0.05, 0) is 109 Å². The van der Waals surface area contributed by atoms with Crippen molar-refractivity contribution in [2.75, 3.05) is 9.80 Å². The smallest absolute Gasteiger partial charge is 0.180 e. The summed E-state index contributed by atoms with van der Waals surface area (Å²) >= 11 is 0. The number of hydrogen-bond acceptors (Lipinski definition) is 5. The molecular weight excluding hydrogens is 711 g/mol. The molecule has 0 amide bonds. The summed E-state index contributed by atoms with van der Waals surface area (Å²) in [5.74, 6) is 0. The minimum absolute atomic E-state index is 0.691. The van der Waals surface area contributed by atoms with Crippen LogP contribution < -0.4 is 9.80 Å². The Kier molecular flexibility index (Phi) is 8.04. The van der Waals surface area contributed by atoms with E-state index in [4.69, 9.17) is 9.40 Å². The van der Waals surface area contributed by atoms with Crippen molar-refractivity contribution in [3.63, 3.8) is 0 Å². The molecule has 274 valence electrons. The highest BCUT2D eigenvalue weighted by atomic mass is 16.3. The zero-order chi connectivity index (χ0) is 38.4. The Morgan fingerprint density at radius 3 is 1.36 bits per heavy atom. The molecule has 0 saturated carbocycles. The molecule has 0 aliphatic rings. The van der Waals surface area contributed by atoms with Crippen molar-refractivity contribution in [2.45, 2.75) is 0 Å². The normalized spacial score (nSPS) is 11.4. The first-order chi connectivity index (χ1) is 28.8. The number of furan rings is 1. The Labute approximate surface area is 335 Å². The highest BCUT2D eigenvalue weighted by molar-refractivity contribution is 6.12. The zero-order valence-corrected chi connectivity index (χ0v) is 31.4. The standard InChI is InChI=1S/C52H35N5O/c1-5-15-37(16-6-1)55(38-17-7-2-8-18-38)42-29-31-47-45(33-42)46-34-43(56(39-19-9-3-10-20-39)40-21-11-4-12-22-40)30-32-48(46)57(47)41-27-25-36(26-28-41)50-52-51(54-35-53-50)44-23-13-14-24-49(44)58-52/h1-35H. The molecule has 0 fully saturated rings. The number of benzene rings is 8. The fourth-order valence-electron chi connectivity index (χ4n) is 8.26. The molecule has 6 heteroatoms. The number of fused-ring (bicyclic) bond motifs is 6. The molecule has 0 unspecified atom stereocenters. The fourth-order valence-corrected chi connectivity index (χ4v) is 8.26. The predicted octanol–water partition coefficient (Wildman–Crippen LogP) is 14.1. The zero-order valence-electron chi connectivity index (χ0n) is 31.4. The van der Waals surface area contributed by atoms with Gasteiger partial charge in [-0.15, -0.1) is 0 Å². The number of anilines is 6. The fraction of sp³-hybridized carbons (Fsp3) is 0. The van der Waals surface area contributed by atoms with Crippen LogP contribution in [0.1, 0.15) is 0 Å². The molecular formula is C52H35N5O. The summed E-state index contributed by atoms with van der Waals surface area (Å²) in [6.07, 6.45) is 1.62. The molecule has 0 bridgehead atoms. The summed E-state index contributed by atoms with van der Waals surface area (Å²) in [6.45, 7) is 0. The maximum atomic E-state index is 6.31. The Morgan fingerprint density at radius 2 is 0.862 bits per heavy atom. The van der Waals surface area contributed by atoms with Crippen LogP contribution in [0, 0.1) is 0 Å². The lowest BCUT2D eigenvalue weighted by Gasteiger charge is -2.26. The Morgan fingerprint density at radius 1 is 0.397 bits per heavy atom. The van der Waals surface area contributed by atoms with Crippen molar-refractivity contribution in [2.24, 2.45) is 0 Å². The lowest BCUT2D eigenvalue weighted by atomic mass is 10.1. The van der Waals surface area contributed by atoms with E-state index in [1.165, 1.54) is 0 Å². The van der Waals surface area contributed by atoms with E-state index in [-0.39, 0.29) is 0 Å². The summed E-state index contributed by atoms with van der Waals surface area (Å²) in [5.41, 5.74) is 13.8. The van der Waals surface area contributed by atoms with Crippen LogP contribution in [0.3, 0.4) is 0 Å². The van der Waals surface area contributed by atoms with E-state index in [0.717, 1.165) is 89.4 Å². The third kappa shape index (κ3) is 5.66. The quantitative estimate of drug-likeness (QED) is 0.155. The second-order valence-corrected chi connectivity index (χ2v) is 14.3. The molecule has 0 N–H and O–H groups in total. The number of hydrogen-bond donors (Lipinski definition) is 0. The minimum Gasteiger partial charge on any atom is -0.452 e. The van der Waals surface area contributed by atoms with Gasteiger partial charge in [0.25, 0.3) is 0 Å². The summed E-state index contributed by atoms with van der Waals surface area (Å²) in [7, 11) is 0. The van der Waals surface area contributed by atoms with Crippen LogP contribution in [0.4, 0.5) is 34.1 Å². The first-order valence-corrected chi connectivity index (χ1v) is 19.4. The minimum atomic E-state index is 0.691. The summed E-state index contributed by atoms with van der Waals surface area (Å²) in [5, 5.41) is 3.28. The van der Waals surface area contributed by atoms with Crippen LogP contribution in [-0.4, -0.2) is 14.5 Å². The van der Waals surface area contributed by atoms with Crippen LogP contribution in [-0.2, 0) is 0 Å².